The van der Waals surface area contributed by atoms with Crippen molar-refractivity contribution in [3.8, 4) is 0 Å². The number of carbonyl (C=O) groups is 1. The first kappa shape index (κ1) is 13.5. The maximum atomic E-state index is 13.2. The Labute approximate surface area is 110 Å². The Balaban J connectivity index is 2.31. The average Bonchev–Trinajstić information content (AvgIpc) is 3.19. The van der Waals surface area contributed by atoms with Crippen LogP contribution in [0.5, 0.6) is 0 Å². The van der Waals surface area contributed by atoms with Gasteiger partial charge >= 0.3 is 0 Å². The van der Waals surface area contributed by atoms with Gasteiger partial charge in [0.1, 0.15) is 11.4 Å². The molecule has 6 heteroatoms. The predicted molar refractivity (Wildman–Crippen MR) is 67.3 cm³/mol. The summed E-state index contributed by atoms with van der Waals surface area (Å²) < 4.78 is 13.2. The highest BCUT2D eigenvalue weighted by Gasteiger charge is 2.34. The van der Waals surface area contributed by atoms with E-state index in [-0.39, 0.29) is 17.3 Å². The monoisotopic (exact) mass is 266 g/mol. The van der Waals surface area contributed by atoms with Crippen molar-refractivity contribution < 1.29 is 14.1 Å². The molecule has 1 aromatic rings. The lowest BCUT2D eigenvalue weighted by Gasteiger charge is -2.24. The van der Waals surface area contributed by atoms with Crippen molar-refractivity contribution in [2.45, 2.75) is 25.8 Å². The standard InChI is InChI=1S/C13H15FN2O3/c1-8(9-3-4-9)15(2)13(17)11-7-10(14)5-6-12(11)16(18)19/h5-9H,3-4H2,1-2H3. The van der Waals surface area contributed by atoms with E-state index in [1.54, 1.807) is 7.05 Å². The van der Waals surface area contributed by atoms with Gasteiger partial charge in [0.15, 0.2) is 0 Å². The van der Waals surface area contributed by atoms with Crippen LogP contribution in [-0.4, -0.2) is 28.8 Å². The molecule has 1 unspecified atom stereocenters. The van der Waals surface area contributed by atoms with Gasteiger partial charge in [-0.3, -0.25) is 14.9 Å². The molecule has 1 aliphatic rings. The largest absolute Gasteiger partial charge is 0.339 e. The molecule has 0 aromatic heterocycles. The van der Waals surface area contributed by atoms with Gasteiger partial charge in [0.2, 0.25) is 0 Å². The molecular weight excluding hydrogens is 251 g/mol. The van der Waals surface area contributed by atoms with Crippen LogP contribution in [0.25, 0.3) is 0 Å². The van der Waals surface area contributed by atoms with Crippen LogP contribution in [-0.2, 0) is 0 Å². The van der Waals surface area contributed by atoms with Crippen LogP contribution in [0, 0.1) is 21.8 Å². The molecule has 0 radical (unpaired) electrons. The normalized spacial score (nSPS) is 15.9. The molecule has 1 aromatic carbocycles. The Morgan fingerprint density at radius 1 is 1.53 bits per heavy atom. The third-order valence-corrected chi connectivity index (χ3v) is 3.62. The molecule has 1 saturated carbocycles. The number of benzene rings is 1. The van der Waals surface area contributed by atoms with Gasteiger partial charge in [-0.2, -0.15) is 0 Å². The lowest BCUT2D eigenvalue weighted by atomic mass is 10.1. The number of nitro groups is 1. The summed E-state index contributed by atoms with van der Waals surface area (Å²) in [5, 5.41) is 10.9. The van der Waals surface area contributed by atoms with E-state index in [2.05, 4.69) is 0 Å². The Hall–Kier alpha value is -1.98. The Kier molecular flexibility index (Phi) is 3.50. The van der Waals surface area contributed by atoms with Crippen LogP contribution < -0.4 is 0 Å². The minimum Gasteiger partial charge on any atom is -0.339 e. The van der Waals surface area contributed by atoms with Crippen LogP contribution in [0.1, 0.15) is 30.1 Å². The van der Waals surface area contributed by atoms with E-state index in [0.717, 1.165) is 31.0 Å². The fourth-order valence-corrected chi connectivity index (χ4v) is 2.11. The van der Waals surface area contributed by atoms with E-state index in [1.165, 1.54) is 4.90 Å². The molecule has 1 atom stereocenters. The van der Waals surface area contributed by atoms with Crippen LogP contribution in [0.3, 0.4) is 0 Å². The molecule has 0 N–H and O–H groups in total. The molecule has 0 heterocycles. The van der Waals surface area contributed by atoms with E-state index >= 15 is 0 Å². The number of nitrogens with zero attached hydrogens (tertiary/aromatic N) is 2. The molecule has 0 spiro atoms. The predicted octanol–water partition coefficient (Wildman–Crippen LogP) is 2.60. The molecule has 2 rings (SSSR count). The van der Waals surface area contributed by atoms with Gasteiger partial charge < -0.3 is 4.90 Å². The quantitative estimate of drug-likeness (QED) is 0.621. The summed E-state index contributed by atoms with van der Waals surface area (Å²) >= 11 is 0. The van der Waals surface area contributed by atoms with Crippen LogP contribution in [0.15, 0.2) is 18.2 Å². The van der Waals surface area contributed by atoms with Crippen molar-refractivity contribution in [2.24, 2.45) is 5.92 Å². The first-order chi connectivity index (χ1) is 8.91. The van der Waals surface area contributed by atoms with E-state index < -0.39 is 16.6 Å². The second-order valence-corrected chi connectivity index (χ2v) is 4.91. The summed E-state index contributed by atoms with van der Waals surface area (Å²) in [6.45, 7) is 1.90. The number of hydrogen-bond donors (Lipinski definition) is 0. The summed E-state index contributed by atoms with van der Waals surface area (Å²) in [6, 6.07) is 2.95. The molecule has 19 heavy (non-hydrogen) atoms. The second kappa shape index (κ2) is 4.95. The van der Waals surface area contributed by atoms with Crippen molar-refractivity contribution >= 4 is 11.6 Å². The minimum absolute atomic E-state index is 0.00960. The smallest absolute Gasteiger partial charge is 0.282 e. The fraction of sp³-hybridized carbons (Fsp3) is 0.462. The number of carbonyl (C=O) groups excluding carboxylic acids is 1. The molecule has 1 amide bonds. The zero-order valence-electron chi connectivity index (χ0n) is 10.8. The zero-order valence-corrected chi connectivity index (χ0v) is 10.8. The van der Waals surface area contributed by atoms with Gasteiger partial charge in [0, 0.05) is 19.2 Å². The molecule has 0 saturated heterocycles. The first-order valence-corrected chi connectivity index (χ1v) is 6.13. The molecule has 5 nitrogen and oxygen atoms in total. The van der Waals surface area contributed by atoms with Gasteiger partial charge in [0.25, 0.3) is 11.6 Å². The Morgan fingerprint density at radius 2 is 2.16 bits per heavy atom. The SMILES string of the molecule is CC(C1CC1)N(C)C(=O)c1cc(F)ccc1[N+](=O)[O-]. The van der Waals surface area contributed by atoms with Gasteiger partial charge in [-0.15, -0.1) is 0 Å². The highest BCUT2D eigenvalue weighted by atomic mass is 19.1. The number of hydrogen-bond acceptors (Lipinski definition) is 3. The minimum atomic E-state index is -0.664. The average molecular weight is 266 g/mol. The lowest BCUT2D eigenvalue weighted by Crippen LogP contribution is -2.36. The maximum absolute atomic E-state index is 13.2. The van der Waals surface area contributed by atoms with Crippen molar-refractivity contribution in [3.63, 3.8) is 0 Å². The van der Waals surface area contributed by atoms with E-state index in [4.69, 9.17) is 0 Å². The van der Waals surface area contributed by atoms with Gasteiger partial charge in [-0.25, -0.2) is 4.39 Å². The molecule has 1 aliphatic carbocycles. The zero-order chi connectivity index (χ0) is 14.2. The van der Waals surface area contributed by atoms with E-state index in [0.29, 0.717) is 5.92 Å². The van der Waals surface area contributed by atoms with Crippen molar-refractivity contribution in [1.29, 1.82) is 0 Å². The second-order valence-electron chi connectivity index (χ2n) is 4.91. The van der Waals surface area contributed by atoms with Gasteiger partial charge in [0.05, 0.1) is 4.92 Å². The summed E-state index contributed by atoms with van der Waals surface area (Å²) in [5.41, 5.74) is -0.554. The van der Waals surface area contributed by atoms with Gasteiger partial charge in [-0.05, 0) is 37.8 Å². The van der Waals surface area contributed by atoms with Crippen LogP contribution in [0.4, 0.5) is 10.1 Å². The summed E-state index contributed by atoms with van der Waals surface area (Å²) in [4.78, 5) is 23.9. The Bertz CT molecular complexity index is 529. The molecular formula is C13H15FN2O3. The summed E-state index contributed by atoms with van der Waals surface area (Å²) in [7, 11) is 1.60. The maximum Gasteiger partial charge on any atom is 0.282 e. The highest BCUT2D eigenvalue weighted by Crippen LogP contribution is 2.35. The molecule has 102 valence electrons. The summed E-state index contributed by atoms with van der Waals surface area (Å²) in [5.74, 6) is -0.714. The molecule has 1 fully saturated rings. The third kappa shape index (κ3) is 2.72. The summed E-state index contributed by atoms with van der Waals surface area (Å²) in [6.07, 6.45) is 2.12. The molecule has 0 aliphatic heterocycles. The lowest BCUT2D eigenvalue weighted by molar-refractivity contribution is -0.385. The number of halogens is 1. The number of amides is 1. The fourth-order valence-electron chi connectivity index (χ4n) is 2.11. The van der Waals surface area contributed by atoms with E-state index in [1.807, 2.05) is 6.92 Å². The first-order valence-electron chi connectivity index (χ1n) is 6.13. The molecule has 0 bridgehead atoms. The van der Waals surface area contributed by atoms with Crippen LogP contribution in [0.2, 0.25) is 0 Å². The van der Waals surface area contributed by atoms with Crippen molar-refractivity contribution in [3.05, 3.63) is 39.7 Å². The Morgan fingerprint density at radius 3 is 2.68 bits per heavy atom. The highest BCUT2D eigenvalue weighted by molar-refractivity contribution is 5.98. The third-order valence-electron chi connectivity index (χ3n) is 3.62. The van der Waals surface area contributed by atoms with E-state index in [9.17, 15) is 19.3 Å². The number of rotatable bonds is 4. The topological polar surface area (TPSA) is 63.5 Å². The van der Waals surface area contributed by atoms with Crippen molar-refractivity contribution in [1.82, 2.24) is 4.90 Å². The van der Waals surface area contributed by atoms with Crippen LogP contribution >= 0.6 is 0 Å². The van der Waals surface area contributed by atoms with Crippen molar-refractivity contribution in [2.75, 3.05) is 7.05 Å². The number of nitro benzene ring substituents is 1. The van der Waals surface area contributed by atoms with Gasteiger partial charge in [-0.1, -0.05) is 0 Å².